The molecular formula is C15H17Cl2NS. The highest BCUT2D eigenvalue weighted by atomic mass is 35.5. The standard InChI is InChI=1S/C15H17Cl2NS/c1-9(2)11-6-4-5-7-13(11)18-10(3)12-8-14(16)19-15(12)17/h4-10,18H,1-3H3. The summed E-state index contributed by atoms with van der Waals surface area (Å²) in [5, 5.41) is 3.53. The second-order valence-electron chi connectivity index (χ2n) is 4.89. The van der Waals surface area contributed by atoms with Crippen LogP contribution in [-0.2, 0) is 0 Å². The summed E-state index contributed by atoms with van der Waals surface area (Å²) in [6.45, 7) is 6.49. The Kier molecular flexibility index (Phi) is 4.77. The summed E-state index contributed by atoms with van der Waals surface area (Å²) in [5.41, 5.74) is 3.52. The zero-order valence-electron chi connectivity index (χ0n) is 11.2. The first-order chi connectivity index (χ1) is 8.99. The fourth-order valence-corrected chi connectivity index (χ4v) is 3.74. The normalized spacial score (nSPS) is 12.7. The maximum Gasteiger partial charge on any atom is 0.0996 e. The van der Waals surface area contributed by atoms with Crippen molar-refractivity contribution in [1.29, 1.82) is 0 Å². The molecule has 0 aliphatic carbocycles. The van der Waals surface area contributed by atoms with Gasteiger partial charge in [0.1, 0.15) is 0 Å². The molecule has 19 heavy (non-hydrogen) atoms. The Morgan fingerprint density at radius 1 is 1.05 bits per heavy atom. The number of thiophene rings is 1. The second-order valence-corrected chi connectivity index (χ2v) is 7.17. The number of halogens is 2. The van der Waals surface area contributed by atoms with E-state index in [9.17, 15) is 0 Å². The molecule has 1 aromatic carbocycles. The minimum absolute atomic E-state index is 0.135. The zero-order chi connectivity index (χ0) is 14.0. The van der Waals surface area contributed by atoms with Crippen LogP contribution in [0.2, 0.25) is 8.67 Å². The van der Waals surface area contributed by atoms with E-state index in [4.69, 9.17) is 23.2 Å². The first-order valence-corrected chi connectivity index (χ1v) is 7.86. The summed E-state index contributed by atoms with van der Waals surface area (Å²) in [4.78, 5) is 0. The Hall–Kier alpha value is -0.700. The van der Waals surface area contributed by atoms with Crippen LogP contribution < -0.4 is 5.32 Å². The van der Waals surface area contributed by atoms with Gasteiger partial charge in [-0.2, -0.15) is 0 Å². The molecule has 1 heterocycles. The molecule has 0 fully saturated rings. The number of benzene rings is 1. The van der Waals surface area contributed by atoms with Crippen LogP contribution in [0.15, 0.2) is 30.3 Å². The summed E-state index contributed by atoms with van der Waals surface area (Å²) >= 11 is 13.6. The lowest BCUT2D eigenvalue weighted by Gasteiger charge is -2.19. The lowest BCUT2D eigenvalue weighted by Crippen LogP contribution is -2.08. The summed E-state index contributed by atoms with van der Waals surface area (Å²) in [5.74, 6) is 0.484. The van der Waals surface area contributed by atoms with E-state index in [0.717, 1.165) is 19.9 Å². The SMILES string of the molecule is CC(C)c1ccccc1NC(C)c1cc(Cl)sc1Cl. The molecule has 2 aromatic rings. The molecule has 0 aliphatic rings. The van der Waals surface area contributed by atoms with Gasteiger partial charge >= 0.3 is 0 Å². The molecule has 1 atom stereocenters. The monoisotopic (exact) mass is 313 g/mol. The summed E-state index contributed by atoms with van der Waals surface area (Å²) in [6.07, 6.45) is 0. The average Bonchev–Trinajstić information content (AvgIpc) is 2.69. The third-order valence-corrected chi connectivity index (χ3v) is 4.62. The highest BCUT2D eigenvalue weighted by Crippen LogP contribution is 2.37. The Labute approximate surface area is 128 Å². The van der Waals surface area contributed by atoms with Crippen molar-refractivity contribution in [2.45, 2.75) is 32.7 Å². The van der Waals surface area contributed by atoms with Gasteiger partial charge in [-0.3, -0.25) is 0 Å². The van der Waals surface area contributed by atoms with Crippen molar-refractivity contribution in [3.8, 4) is 0 Å². The predicted molar refractivity (Wildman–Crippen MR) is 86.9 cm³/mol. The van der Waals surface area contributed by atoms with Gasteiger partial charge in [-0.05, 0) is 30.5 Å². The number of hydrogen-bond donors (Lipinski definition) is 1. The molecule has 1 nitrogen and oxygen atoms in total. The van der Waals surface area contributed by atoms with Crippen molar-refractivity contribution in [3.63, 3.8) is 0 Å². The minimum atomic E-state index is 0.135. The third-order valence-electron chi connectivity index (χ3n) is 3.10. The lowest BCUT2D eigenvalue weighted by molar-refractivity contribution is 0.843. The van der Waals surface area contributed by atoms with Gasteiger partial charge in [0.2, 0.25) is 0 Å². The van der Waals surface area contributed by atoms with Gasteiger partial charge in [0.05, 0.1) is 14.7 Å². The summed E-state index contributed by atoms with van der Waals surface area (Å²) in [6, 6.07) is 10.4. The van der Waals surface area contributed by atoms with Crippen molar-refractivity contribution < 1.29 is 0 Å². The largest absolute Gasteiger partial charge is 0.378 e. The second kappa shape index (κ2) is 6.17. The molecule has 1 N–H and O–H groups in total. The predicted octanol–water partition coefficient (Wildman–Crippen LogP) is 6.35. The van der Waals surface area contributed by atoms with Crippen LogP contribution in [0.25, 0.3) is 0 Å². The number of nitrogens with one attached hydrogen (secondary N) is 1. The maximum atomic E-state index is 6.20. The van der Waals surface area contributed by atoms with Crippen molar-refractivity contribution in [2.75, 3.05) is 5.32 Å². The van der Waals surface area contributed by atoms with Crippen LogP contribution in [0.5, 0.6) is 0 Å². The zero-order valence-corrected chi connectivity index (χ0v) is 13.5. The van der Waals surface area contributed by atoms with E-state index in [1.807, 2.05) is 12.1 Å². The number of anilines is 1. The quantitative estimate of drug-likeness (QED) is 0.693. The van der Waals surface area contributed by atoms with Gasteiger partial charge in [-0.15, -0.1) is 11.3 Å². The molecule has 0 aliphatic heterocycles. The van der Waals surface area contributed by atoms with Crippen LogP contribution in [0.3, 0.4) is 0 Å². The van der Waals surface area contributed by atoms with Crippen LogP contribution in [0.4, 0.5) is 5.69 Å². The number of para-hydroxylation sites is 1. The maximum absolute atomic E-state index is 6.20. The van der Waals surface area contributed by atoms with Gasteiger partial charge in [0.25, 0.3) is 0 Å². The fourth-order valence-electron chi connectivity index (χ4n) is 2.09. The number of rotatable bonds is 4. The van der Waals surface area contributed by atoms with Gasteiger partial charge in [-0.1, -0.05) is 55.2 Å². The Bertz CT molecular complexity index is 563. The van der Waals surface area contributed by atoms with E-state index >= 15 is 0 Å². The average molecular weight is 314 g/mol. The third kappa shape index (κ3) is 3.44. The topological polar surface area (TPSA) is 12.0 Å². The molecule has 1 aromatic heterocycles. The van der Waals surface area contributed by atoms with Gasteiger partial charge < -0.3 is 5.32 Å². The van der Waals surface area contributed by atoms with Gasteiger partial charge in [-0.25, -0.2) is 0 Å². The Morgan fingerprint density at radius 2 is 1.74 bits per heavy atom. The molecule has 2 rings (SSSR count). The molecule has 0 radical (unpaired) electrons. The first-order valence-electron chi connectivity index (χ1n) is 6.29. The minimum Gasteiger partial charge on any atom is -0.378 e. The molecule has 102 valence electrons. The van der Waals surface area contributed by atoms with E-state index in [2.05, 4.69) is 44.3 Å². The first kappa shape index (κ1) is 14.7. The van der Waals surface area contributed by atoms with E-state index < -0.39 is 0 Å². The lowest BCUT2D eigenvalue weighted by atomic mass is 10.0. The highest BCUT2D eigenvalue weighted by Gasteiger charge is 2.15. The fraction of sp³-hybridized carbons (Fsp3) is 0.333. The number of hydrogen-bond acceptors (Lipinski definition) is 2. The molecule has 4 heteroatoms. The molecule has 0 amide bonds. The van der Waals surface area contributed by atoms with Crippen LogP contribution in [-0.4, -0.2) is 0 Å². The summed E-state index contributed by atoms with van der Waals surface area (Å²) in [7, 11) is 0. The molecule has 1 unspecified atom stereocenters. The van der Waals surface area contributed by atoms with E-state index in [-0.39, 0.29) is 6.04 Å². The summed E-state index contributed by atoms with van der Waals surface area (Å²) < 4.78 is 1.48. The van der Waals surface area contributed by atoms with Crippen molar-refractivity contribution in [1.82, 2.24) is 0 Å². The molecule has 0 spiro atoms. The van der Waals surface area contributed by atoms with Crippen LogP contribution in [0.1, 0.15) is 43.9 Å². The molecular weight excluding hydrogens is 297 g/mol. The highest BCUT2D eigenvalue weighted by molar-refractivity contribution is 7.20. The van der Waals surface area contributed by atoms with Crippen LogP contribution in [0, 0.1) is 0 Å². The van der Waals surface area contributed by atoms with Crippen molar-refractivity contribution in [2.24, 2.45) is 0 Å². The van der Waals surface area contributed by atoms with Crippen LogP contribution >= 0.6 is 34.5 Å². The molecule has 0 saturated heterocycles. The van der Waals surface area contributed by atoms with Crippen molar-refractivity contribution in [3.05, 3.63) is 50.1 Å². The van der Waals surface area contributed by atoms with Gasteiger partial charge in [0, 0.05) is 11.3 Å². The molecule has 0 saturated carbocycles. The van der Waals surface area contributed by atoms with Crippen molar-refractivity contribution >= 4 is 40.2 Å². The molecule has 0 bridgehead atoms. The Balaban J connectivity index is 2.24. The smallest absolute Gasteiger partial charge is 0.0996 e. The van der Waals surface area contributed by atoms with Gasteiger partial charge in [0.15, 0.2) is 0 Å². The van der Waals surface area contributed by atoms with E-state index in [1.54, 1.807) is 0 Å². The van der Waals surface area contributed by atoms with E-state index in [1.165, 1.54) is 16.9 Å². The Morgan fingerprint density at radius 3 is 2.32 bits per heavy atom. The van der Waals surface area contributed by atoms with E-state index in [0.29, 0.717) is 5.92 Å².